The van der Waals surface area contributed by atoms with Gasteiger partial charge in [0.2, 0.25) is 0 Å². The van der Waals surface area contributed by atoms with Gasteiger partial charge in [-0.3, -0.25) is 9.89 Å². The van der Waals surface area contributed by atoms with Crippen LogP contribution in [0.2, 0.25) is 0 Å². The average Bonchev–Trinajstić information content (AvgIpc) is 2.68. The molecule has 0 saturated carbocycles. The quantitative estimate of drug-likeness (QED) is 0.474. The summed E-state index contributed by atoms with van der Waals surface area (Å²) < 4.78 is 0. The number of piperidine rings is 1. The Kier molecular flexibility index (Phi) is 7.39. The number of hydrogen-bond donors (Lipinski definition) is 1. The Bertz CT molecular complexity index is 606. The predicted octanol–water partition coefficient (Wildman–Crippen LogP) is 2.94. The number of benzene rings is 1. The molecule has 5 nitrogen and oxygen atoms in total. The standard InChI is InChI=1S/C22H37N5/c1-19-7-5-9-21(17-19)26-15-13-25(14-16-26)11-4-3-10-24-22(23)27-12-6-8-20(2)18-27/h5,7,9,17,20H,3-4,6,8,10-16,18H2,1-2H3,(H2,23,24). The van der Waals surface area contributed by atoms with Crippen molar-refractivity contribution in [2.24, 2.45) is 16.6 Å². The molecule has 2 heterocycles. The van der Waals surface area contributed by atoms with Crippen molar-refractivity contribution in [3.05, 3.63) is 29.8 Å². The highest BCUT2D eigenvalue weighted by Crippen LogP contribution is 2.18. The number of unbranched alkanes of at least 4 members (excludes halogenated alkanes) is 1. The van der Waals surface area contributed by atoms with Crippen molar-refractivity contribution < 1.29 is 0 Å². The van der Waals surface area contributed by atoms with E-state index in [1.807, 2.05) is 0 Å². The lowest BCUT2D eigenvalue weighted by Crippen LogP contribution is -2.46. The third-order valence-electron chi connectivity index (χ3n) is 5.88. The van der Waals surface area contributed by atoms with E-state index in [0.29, 0.717) is 0 Å². The maximum absolute atomic E-state index is 6.18. The molecule has 1 atom stereocenters. The van der Waals surface area contributed by atoms with Crippen LogP contribution in [-0.4, -0.2) is 68.1 Å². The van der Waals surface area contributed by atoms with E-state index in [9.17, 15) is 0 Å². The fourth-order valence-electron chi connectivity index (χ4n) is 4.19. The number of nitrogens with zero attached hydrogens (tertiary/aromatic N) is 4. The highest BCUT2D eigenvalue weighted by molar-refractivity contribution is 5.78. The van der Waals surface area contributed by atoms with Gasteiger partial charge in [-0.05, 0) is 62.8 Å². The van der Waals surface area contributed by atoms with E-state index in [4.69, 9.17) is 5.73 Å². The Morgan fingerprint density at radius 2 is 1.96 bits per heavy atom. The summed E-state index contributed by atoms with van der Waals surface area (Å²) >= 11 is 0. The summed E-state index contributed by atoms with van der Waals surface area (Å²) in [5, 5.41) is 0. The van der Waals surface area contributed by atoms with Gasteiger partial charge in [0.15, 0.2) is 5.96 Å². The molecule has 5 heteroatoms. The van der Waals surface area contributed by atoms with Gasteiger partial charge in [-0.2, -0.15) is 0 Å². The van der Waals surface area contributed by atoms with Gasteiger partial charge in [-0.1, -0.05) is 19.1 Å². The third kappa shape index (κ3) is 6.13. The number of rotatable bonds is 6. The normalized spacial score (nSPS) is 22.3. The van der Waals surface area contributed by atoms with Gasteiger partial charge >= 0.3 is 0 Å². The summed E-state index contributed by atoms with van der Waals surface area (Å²) in [6.45, 7) is 13.2. The summed E-state index contributed by atoms with van der Waals surface area (Å²) in [6, 6.07) is 8.85. The first-order chi connectivity index (χ1) is 13.1. The molecule has 0 aliphatic carbocycles. The van der Waals surface area contributed by atoms with Crippen LogP contribution < -0.4 is 10.6 Å². The monoisotopic (exact) mass is 371 g/mol. The summed E-state index contributed by atoms with van der Waals surface area (Å²) in [4.78, 5) is 12.0. The number of aliphatic imine (C=N–C) groups is 1. The zero-order valence-corrected chi connectivity index (χ0v) is 17.2. The van der Waals surface area contributed by atoms with E-state index in [1.54, 1.807) is 0 Å². The molecule has 2 fully saturated rings. The van der Waals surface area contributed by atoms with E-state index in [1.165, 1.54) is 37.1 Å². The minimum Gasteiger partial charge on any atom is -0.370 e. The zero-order valence-electron chi connectivity index (χ0n) is 17.2. The summed E-state index contributed by atoms with van der Waals surface area (Å²) in [5.41, 5.74) is 8.89. The molecule has 0 aromatic heterocycles. The van der Waals surface area contributed by atoms with Gasteiger partial charge in [0, 0.05) is 51.5 Å². The van der Waals surface area contributed by atoms with Crippen LogP contribution >= 0.6 is 0 Å². The van der Waals surface area contributed by atoms with Crippen LogP contribution in [0.1, 0.15) is 38.2 Å². The molecular weight excluding hydrogens is 334 g/mol. The largest absolute Gasteiger partial charge is 0.370 e. The maximum Gasteiger partial charge on any atom is 0.191 e. The second-order valence-corrected chi connectivity index (χ2v) is 8.31. The van der Waals surface area contributed by atoms with Crippen molar-refractivity contribution >= 4 is 11.6 Å². The molecule has 1 aromatic carbocycles. The molecular formula is C22H37N5. The molecule has 2 aliphatic rings. The minimum atomic E-state index is 0.742. The molecule has 2 saturated heterocycles. The van der Waals surface area contributed by atoms with E-state index in [0.717, 1.165) is 64.1 Å². The Morgan fingerprint density at radius 3 is 2.70 bits per heavy atom. The fourth-order valence-corrected chi connectivity index (χ4v) is 4.19. The molecule has 3 rings (SSSR count). The summed E-state index contributed by atoms with van der Waals surface area (Å²) in [6.07, 6.45) is 4.90. The van der Waals surface area contributed by atoms with Crippen molar-refractivity contribution in [2.75, 3.05) is 57.3 Å². The molecule has 0 bridgehead atoms. The van der Waals surface area contributed by atoms with Gasteiger partial charge in [0.25, 0.3) is 0 Å². The van der Waals surface area contributed by atoms with E-state index >= 15 is 0 Å². The predicted molar refractivity (Wildman–Crippen MR) is 116 cm³/mol. The van der Waals surface area contributed by atoms with Crippen LogP contribution in [0.15, 0.2) is 29.3 Å². The lowest BCUT2D eigenvalue weighted by atomic mass is 10.0. The summed E-state index contributed by atoms with van der Waals surface area (Å²) in [7, 11) is 0. The second-order valence-electron chi connectivity index (χ2n) is 8.31. The third-order valence-corrected chi connectivity index (χ3v) is 5.88. The van der Waals surface area contributed by atoms with E-state index in [2.05, 4.69) is 57.8 Å². The van der Waals surface area contributed by atoms with Crippen LogP contribution in [0, 0.1) is 12.8 Å². The first-order valence-corrected chi connectivity index (χ1v) is 10.7. The Morgan fingerprint density at radius 1 is 1.15 bits per heavy atom. The first-order valence-electron chi connectivity index (χ1n) is 10.7. The number of hydrogen-bond acceptors (Lipinski definition) is 3. The Balaban J connectivity index is 1.31. The highest BCUT2D eigenvalue weighted by Gasteiger charge is 2.18. The number of aryl methyl sites for hydroxylation is 1. The van der Waals surface area contributed by atoms with Gasteiger partial charge in [-0.25, -0.2) is 0 Å². The van der Waals surface area contributed by atoms with Gasteiger partial charge in [0.05, 0.1) is 0 Å². The molecule has 150 valence electrons. The molecule has 27 heavy (non-hydrogen) atoms. The van der Waals surface area contributed by atoms with Gasteiger partial charge in [-0.15, -0.1) is 0 Å². The summed E-state index contributed by atoms with van der Waals surface area (Å²) in [5.74, 6) is 1.50. The van der Waals surface area contributed by atoms with Gasteiger partial charge < -0.3 is 15.5 Å². The molecule has 0 radical (unpaired) electrons. The van der Waals surface area contributed by atoms with Crippen molar-refractivity contribution in [3.8, 4) is 0 Å². The molecule has 2 N–H and O–H groups in total. The van der Waals surface area contributed by atoms with Crippen LogP contribution in [0.5, 0.6) is 0 Å². The van der Waals surface area contributed by atoms with Crippen LogP contribution in [0.25, 0.3) is 0 Å². The first kappa shape index (κ1) is 20.0. The fraction of sp³-hybridized carbons (Fsp3) is 0.682. The maximum atomic E-state index is 6.18. The number of piperazine rings is 1. The number of nitrogens with two attached hydrogens (primary N) is 1. The lowest BCUT2D eigenvalue weighted by molar-refractivity contribution is 0.253. The molecule has 1 aromatic rings. The smallest absolute Gasteiger partial charge is 0.191 e. The van der Waals surface area contributed by atoms with E-state index in [-0.39, 0.29) is 0 Å². The van der Waals surface area contributed by atoms with Crippen molar-refractivity contribution in [1.82, 2.24) is 9.80 Å². The Labute approximate surface area is 165 Å². The van der Waals surface area contributed by atoms with Crippen LogP contribution in [-0.2, 0) is 0 Å². The number of likely N-dealkylation sites (tertiary alicyclic amines) is 1. The Hall–Kier alpha value is -1.75. The van der Waals surface area contributed by atoms with E-state index < -0.39 is 0 Å². The minimum absolute atomic E-state index is 0.742. The lowest BCUT2D eigenvalue weighted by Gasteiger charge is -2.36. The SMILES string of the molecule is Cc1cccc(N2CCN(CCCCN=C(N)N3CCCC(C)C3)CC2)c1. The van der Waals surface area contributed by atoms with Crippen molar-refractivity contribution in [2.45, 2.75) is 39.5 Å². The number of guanidine groups is 1. The van der Waals surface area contributed by atoms with Crippen molar-refractivity contribution in [3.63, 3.8) is 0 Å². The second kappa shape index (κ2) is 9.98. The molecule has 1 unspecified atom stereocenters. The molecule has 0 spiro atoms. The molecule has 0 amide bonds. The van der Waals surface area contributed by atoms with Crippen LogP contribution in [0.3, 0.4) is 0 Å². The highest BCUT2D eigenvalue weighted by atomic mass is 15.3. The molecule has 2 aliphatic heterocycles. The average molecular weight is 372 g/mol. The van der Waals surface area contributed by atoms with Crippen LogP contribution in [0.4, 0.5) is 5.69 Å². The number of anilines is 1. The van der Waals surface area contributed by atoms with Gasteiger partial charge in [0.1, 0.15) is 0 Å². The zero-order chi connectivity index (χ0) is 19.1. The topological polar surface area (TPSA) is 48.1 Å². The van der Waals surface area contributed by atoms with Crippen molar-refractivity contribution in [1.29, 1.82) is 0 Å².